The Morgan fingerprint density at radius 3 is 2.82 bits per heavy atom. The molecule has 0 heterocycles. The van der Waals surface area contributed by atoms with Crippen molar-refractivity contribution in [2.75, 3.05) is 0 Å². The summed E-state index contributed by atoms with van der Waals surface area (Å²) in [4.78, 5) is 10.4. The van der Waals surface area contributed by atoms with E-state index in [4.69, 9.17) is 5.26 Å². The van der Waals surface area contributed by atoms with Gasteiger partial charge in [-0.15, -0.1) is 0 Å². The first-order valence-electron chi connectivity index (χ1n) is 3.24. The Labute approximate surface area is 65.1 Å². The minimum atomic E-state index is 0.564. The molecular weight excluding hydrogens is 138 g/mol. The van der Waals surface area contributed by atoms with E-state index >= 15 is 0 Å². The molecule has 0 aliphatic rings. The second kappa shape index (κ2) is 2.98. The van der Waals surface area contributed by atoms with Gasteiger partial charge in [-0.3, -0.25) is 4.79 Å². The summed E-state index contributed by atoms with van der Waals surface area (Å²) in [7, 11) is 0. The van der Waals surface area contributed by atoms with Gasteiger partial charge in [-0.1, -0.05) is 12.1 Å². The largest absolute Gasteiger partial charge is 0.298 e. The molecule has 0 radical (unpaired) electrons. The number of carbonyl (C=O) groups excluding carboxylic acids is 1. The van der Waals surface area contributed by atoms with E-state index in [9.17, 15) is 4.79 Å². The Morgan fingerprint density at radius 1 is 1.55 bits per heavy atom. The third-order valence-corrected chi connectivity index (χ3v) is 1.62. The highest BCUT2D eigenvalue weighted by Crippen LogP contribution is 2.09. The third kappa shape index (κ3) is 1.27. The molecule has 1 aromatic carbocycles. The van der Waals surface area contributed by atoms with E-state index in [-0.39, 0.29) is 0 Å². The monoisotopic (exact) mass is 145 g/mol. The minimum Gasteiger partial charge on any atom is -0.298 e. The fraction of sp³-hybridized carbons (Fsp3) is 0.111. The highest BCUT2D eigenvalue weighted by atomic mass is 16.1. The Balaban J connectivity index is 3.34. The van der Waals surface area contributed by atoms with Crippen molar-refractivity contribution in [2.45, 2.75) is 6.92 Å². The summed E-state index contributed by atoms with van der Waals surface area (Å²) in [6.07, 6.45) is 0.760. The number of nitrogens with zero attached hydrogens (tertiary/aromatic N) is 1. The highest BCUT2D eigenvalue weighted by molar-refractivity contribution is 5.78. The lowest BCUT2D eigenvalue weighted by Crippen LogP contribution is -1.89. The first-order chi connectivity index (χ1) is 5.29. The van der Waals surface area contributed by atoms with Crippen LogP contribution in [0, 0.1) is 18.3 Å². The van der Waals surface area contributed by atoms with Gasteiger partial charge in [-0.05, 0) is 18.6 Å². The van der Waals surface area contributed by atoms with E-state index in [0.717, 1.165) is 11.8 Å². The molecule has 0 aliphatic carbocycles. The van der Waals surface area contributed by atoms with Crippen molar-refractivity contribution in [3.8, 4) is 6.07 Å². The number of carbonyl (C=O) groups is 1. The first kappa shape index (κ1) is 7.49. The van der Waals surface area contributed by atoms with Crippen molar-refractivity contribution >= 4 is 6.29 Å². The second-order valence-corrected chi connectivity index (χ2v) is 2.25. The molecule has 2 heteroatoms. The average Bonchev–Trinajstić information content (AvgIpc) is 2.05. The Morgan fingerprint density at radius 2 is 2.27 bits per heavy atom. The summed E-state index contributed by atoms with van der Waals surface area (Å²) in [5.74, 6) is 0. The average molecular weight is 145 g/mol. The summed E-state index contributed by atoms with van der Waals surface area (Å²) < 4.78 is 0. The van der Waals surface area contributed by atoms with Gasteiger partial charge in [-0.2, -0.15) is 5.26 Å². The highest BCUT2D eigenvalue weighted by Gasteiger charge is 2.00. The van der Waals surface area contributed by atoms with E-state index in [1.54, 1.807) is 25.1 Å². The van der Waals surface area contributed by atoms with Crippen LogP contribution in [0.2, 0.25) is 0 Å². The Bertz CT molecular complexity index is 323. The number of nitriles is 1. The predicted molar refractivity (Wildman–Crippen MR) is 41.3 cm³/mol. The van der Waals surface area contributed by atoms with Gasteiger partial charge in [0.1, 0.15) is 6.29 Å². The quantitative estimate of drug-likeness (QED) is 0.564. The van der Waals surface area contributed by atoms with Crippen LogP contribution in [0.3, 0.4) is 0 Å². The van der Waals surface area contributed by atoms with Gasteiger partial charge in [0.2, 0.25) is 0 Å². The lowest BCUT2D eigenvalue weighted by molar-refractivity contribution is 0.112. The molecule has 54 valence electrons. The molecule has 11 heavy (non-hydrogen) atoms. The third-order valence-electron chi connectivity index (χ3n) is 1.62. The number of benzene rings is 1. The van der Waals surface area contributed by atoms with E-state index in [1.807, 2.05) is 6.07 Å². The van der Waals surface area contributed by atoms with Gasteiger partial charge in [0, 0.05) is 5.56 Å². The van der Waals surface area contributed by atoms with Crippen molar-refractivity contribution in [2.24, 2.45) is 0 Å². The van der Waals surface area contributed by atoms with Gasteiger partial charge in [0.25, 0.3) is 0 Å². The smallest absolute Gasteiger partial charge is 0.150 e. The van der Waals surface area contributed by atoms with E-state index in [2.05, 4.69) is 0 Å². The van der Waals surface area contributed by atoms with Gasteiger partial charge >= 0.3 is 0 Å². The summed E-state index contributed by atoms with van der Waals surface area (Å²) in [5, 5.41) is 8.57. The zero-order valence-electron chi connectivity index (χ0n) is 6.16. The van der Waals surface area contributed by atoms with Gasteiger partial charge < -0.3 is 0 Å². The maximum Gasteiger partial charge on any atom is 0.150 e. The maximum atomic E-state index is 10.4. The molecule has 1 aromatic rings. The Kier molecular flexibility index (Phi) is 2.03. The van der Waals surface area contributed by atoms with Crippen LogP contribution in [0.4, 0.5) is 0 Å². The van der Waals surface area contributed by atoms with Crippen molar-refractivity contribution in [1.82, 2.24) is 0 Å². The number of hydrogen-bond donors (Lipinski definition) is 0. The van der Waals surface area contributed by atoms with Crippen LogP contribution in [0.1, 0.15) is 21.5 Å². The molecule has 0 amide bonds. The lowest BCUT2D eigenvalue weighted by Gasteiger charge is -1.97. The van der Waals surface area contributed by atoms with Crippen molar-refractivity contribution in [3.05, 3.63) is 34.9 Å². The summed E-state index contributed by atoms with van der Waals surface area (Å²) in [6.45, 7) is 1.77. The zero-order valence-corrected chi connectivity index (χ0v) is 6.16. The van der Waals surface area contributed by atoms with E-state index < -0.39 is 0 Å². The van der Waals surface area contributed by atoms with Crippen LogP contribution < -0.4 is 0 Å². The zero-order chi connectivity index (χ0) is 8.27. The molecule has 0 fully saturated rings. The van der Waals surface area contributed by atoms with Crippen LogP contribution in [-0.2, 0) is 0 Å². The van der Waals surface area contributed by atoms with Crippen LogP contribution >= 0.6 is 0 Å². The predicted octanol–water partition coefficient (Wildman–Crippen LogP) is 1.68. The van der Waals surface area contributed by atoms with Crippen LogP contribution in [-0.4, -0.2) is 6.29 Å². The van der Waals surface area contributed by atoms with Crippen molar-refractivity contribution in [1.29, 1.82) is 5.26 Å². The molecule has 0 saturated heterocycles. The van der Waals surface area contributed by atoms with Crippen LogP contribution in [0.5, 0.6) is 0 Å². The molecule has 1 rings (SSSR count). The van der Waals surface area contributed by atoms with Gasteiger partial charge in [0.05, 0.1) is 11.6 Å². The molecule has 0 spiro atoms. The number of rotatable bonds is 1. The molecule has 0 bridgehead atoms. The summed E-state index contributed by atoms with van der Waals surface area (Å²) in [5.41, 5.74) is 1.91. The normalized spacial score (nSPS) is 8.73. The molecule has 0 unspecified atom stereocenters. The van der Waals surface area contributed by atoms with Crippen LogP contribution in [0.15, 0.2) is 18.2 Å². The molecule has 2 nitrogen and oxygen atoms in total. The molecule has 0 N–H and O–H groups in total. The summed E-state index contributed by atoms with van der Waals surface area (Å²) >= 11 is 0. The minimum absolute atomic E-state index is 0.564. The summed E-state index contributed by atoms with van der Waals surface area (Å²) in [6, 6.07) is 7.11. The molecular formula is C9H7NO. The van der Waals surface area contributed by atoms with Gasteiger partial charge in [0.15, 0.2) is 0 Å². The Hall–Kier alpha value is -1.62. The molecule has 0 aromatic heterocycles. The molecule has 0 aliphatic heterocycles. The van der Waals surface area contributed by atoms with Crippen molar-refractivity contribution < 1.29 is 4.79 Å². The van der Waals surface area contributed by atoms with E-state index in [1.165, 1.54) is 0 Å². The van der Waals surface area contributed by atoms with E-state index in [0.29, 0.717) is 11.1 Å². The second-order valence-electron chi connectivity index (χ2n) is 2.25. The van der Waals surface area contributed by atoms with Crippen molar-refractivity contribution in [3.63, 3.8) is 0 Å². The molecule has 0 saturated carbocycles. The number of aldehydes is 1. The topological polar surface area (TPSA) is 40.9 Å². The maximum absolute atomic E-state index is 10.4. The number of hydrogen-bond acceptors (Lipinski definition) is 2. The SMILES string of the molecule is Cc1c(C#N)cccc1C=O. The molecule has 0 atom stereocenters. The first-order valence-corrected chi connectivity index (χ1v) is 3.24. The fourth-order valence-corrected chi connectivity index (χ4v) is 0.902. The standard InChI is InChI=1S/C9H7NO/c1-7-8(5-10)3-2-4-9(7)6-11/h2-4,6H,1H3. The van der Waals surface area contributed by atoms with Crippen LogP contribution in [0.25, 0.3) is 0 Å². The fourth-order valence-electron chi connectivity index (χ4n) is 0.902. The lowest BCUT2D eigenvalue weighted by atomic mass is 10.0. The van der Waals surface area contributed by atoms with Gasteiger partial charge in [-0.25, -0.2) is 0 Å².